The van der Waals surface area contributed by atoms with E-state index >= 15 is 0 Å². The molecule has 13 heteroatoms. The highest BCUT2D eigenvalue weighted by molar-refractivity contribution is 9.09. The number of methoxy groups -OCH3 is 1. The van der Waals surface area contributed by atoms with Crippen molar-refractivity contribution in [1.29, 1.82) is 0 Å². The van der Waals surface area contributed by atoms with Crippen molar-refractivity contribution < 1.29 is 43.9 Å². The van der Waals surface area contributed by atoms with Crippen molar-refractivity contribution in [3.05, 3.63) is 62.0 Å². The lowest BCUT2D eigenvalue weighted by atomic mass is 9.72. The normalized spacial score (nSPS) is 29.1. The van der Waals surface area contributed by atoms with E-state index in [1.807, 2.05) is 0 Å². The van der Waals surface area contributed by atoms with E-state index in [1.54, 1.807) is 6.92 Å². The molecule has 3 aliphatic rings. The summed E-state index contributed by atoms with van der Waals surface area (Å²) in [5.41, 5.74) is 5.85. The summed E-state index contributed by atoms with van der Waals surface area (Å²) in [4.78, 5) is 42.3. The molecule has 2 aliphatic carbocycles. The number of nitrogens with zero attached hydrogens (tertiary/aromatic N) is 3. The van der Waals surface area contributed by atoms with Gasteiger partial charge in [0.1, 0.15) is 22.8 Å². The lowest BCUT2D eigenvalue weighted by molar-refractivity contribution is -0.224. The molecule has 2 aromatic carbocycles. The predicted octanol–water partition coefficient (Wildman–Crippen LogP) is 3.78. The van der Waals surface area contributed by atoms with E-state index in [2.05, 4.69) is 26.0 Å². The largest absolute Gasteiger partial charge is 0.507 e. The summed E-state index contributed by atoms with van der Waals surface area (Å²) in [6.07, 6.45) is -3.25. The monoisotopic (exact) mass is 615 g/mol. The van der Waals surface area contributed by atoms with Crippen LogP contribution in [0.1, 0.15) is 75.8 Å². The second-order valence-electron chi connectivity index (χ2n) is 10.2. The first-order valence-electron chi connectivity index (χ1n) is 12.5. The number of aromatic hydroxyl groups is 2. The molecule has 210 valence electrons. The van der Waals surface area contributed by atoms with Crippen molar-refractivity contribution in [2.45, 2.75) is 68.1 Å². The molecule has 0 aromatic heterocycles. The molecule has 3 N–H and O–H groups in total. The number of aliphatic hydroxyl groups is 1. The van der Waals surface area contributed by atoms with E-state index in [0.717, 1.165) is 0 Å². The number of phenolic OH excluding ortho intramolecular Hbond substituents is 2. The molecule has 0 amide bonds. The van der Waals surface area contributed by atoms with E-state index < -0.39 is 76.5 Å². The molecule has 12 nitrogen and oxygen atoms in total. The fourth-order valence-corrected chi connectivity index (χ4v) is 6.63. The van der Waals surface area contributed by atoms with Crippen LogP contribution in [0.3, 0.4) is 0 Å². The minimum atomic E-state index is -2.00. The summed E-state index contributed by atoms with van der Waals surface area (Å²) in [5, 5.41) is 37.9. The maximum atomic E-state index is 13.7. The van der Waals surface area contributed by atoms with Crippen LogP contribution in [0, 0.1) is 0 Å². The van der Waals surface area contributed by atoms with Crippen LogP contribution in [-0.2, 0) is 20.7 Å². The molecule has 1 fully saturated rings. The first kappa shape index (κ1) is 28.1. The number of alkyl halides is 1. The Kier molecular flexibility index (Phi) is 7.13. The van der Waals surface area contributed by atoms with Crippen molar-refractivity contribution in [3.8, 4) is 17.2 Å². The number of rotatable bonds is 5. The zero-order chi connectivity index (χ0) is 29.1. The third-order valence-corrected chi connectivity index (χ3v) is 8.78. The van der Waals surface area contributed by atoms with Gasteiger partial charge in [0, 0.05) is 45.7 Å². The molecule has 1 saturated heterocycles. The van der Waals surface area contributed by atoms with Gasteiger partial charge in [-0.1, -0.05) is 33.2 Å². The fourth-order valence-electron chi connectivity index (χ4n) is 5.79. The number of ether oxygens (including phenoxy) is 3. The summed E-state index contributed by atoms with van der Waals surface area (Å²) in [7, 11) is 1.34. The number of carbonyl (C=O) groups excluding carboxylic acids is 3. The zero-order valence-electron chi connectivity index (χ0n) is 21.8. The Balaban J connectivity index is 1.65. The van der Waals surface area contributed by atoms with Crippen molar-refractivity contribution in [3.63, 3.8) is 0 Å². The quantitative estimate of drug-likeness (QED) is 0.126. The van der Waals surface area contributed by atoms with Crippen molar-refractivity contribution in [2.24, 2.45) is 5.11 Å². The molecular weight excluding hydrogens is 590 g/mol. The van der Waals surface area contributed by atoms with E-state index in [9.17, 15) is 29.7 Å². The lowest BCUT2D eigenvalue weighted by Crippen LogP contribution is -2.47. The molecule has 5 rings (SSSR count). The molecule has 0 unspecified atom stereocenters. The molecule has 0 bridgehead atoms. The number of carbonyl (C=O) groups is 3. The van der Waals surface area contributed by atoms with Crippen molar-refractivity contribution in [1.82, 2.24) is 0 Å². The molecule has 40 heavy (non-hydrogen) atoms. The number of ketones is 3. The maximum Gasteiger partial charge on any atom is 0.202 e. The lowest BCUT2D eigenvalue weighted by Gasteiger charge is -2.42. The first-order valence-corrected chi connectivity index (χ1v) is 13.4. The van der Waals surface area contributed by atoms with E-state index in [-0.39, 0.29) is 45.7 Å². The zero-order valence-corrected chi connectivity index (χ0v) is 23.3. The van der Waals surface area contributed by atoms with Crippen LogP contribution < -0.4 is 4.74 Å². The Hall–Kier alpha value is -3.48. The third-order valence-electron chi connectivity index (χ3n) is 7.87. The molecule has 0 radical (unpaired) electrons. The summed E-state index contributed by atoms with van der Waals surface area (Å²) < 4.78 is 17.4. The number of halogens is 1. The van der Waals surface area contributed by atoms with Gasteiger partial charge in [-0.05, 0) is 25.4 Å². The predicted molar refractivity (Wildman–Crippen MR) is 142 cm³/mol. The van der Waals surface area contributed by atoms with E-state index in [0.29, 0.717) is 0 Å². The first-order chi connectivity index (χ1) is 18.9. The van der Waals surface area contributed by atoms with Crippen LogP contribution in [0.4, 0.5) is 0 Å². The second kappa shape index (κ2) is 10.2. The molecule has 0 saturated carbocycles. The van der Waals surface area contributed by atoms with Crippen molar-refractivity contribution >= 4 is 33.3 Å². The Labute approximate surface area is 236 Å². The second-order valence-corrected chi connectivity index (χ2v) is 11.4. The fraction of sp³-hybridized carbons (Fsp3) is 0.444. The highest BCUT2D eigenvalue weighted by Crippen LogP contribution is 2.52. The summed E-state index contributed by atoms with van der Waals surface area (Å²) in [6.45, 7) is 2.88. The number of hydrogen-bond acceptors (Lipinski definition) is 10. The van der Waals surface area contributed by atoms with Crippen LogP contribution >= 0.6 is 15.9 Å². The standard InChI is InChI=1S/C27H26BrN3O9/c1-10-22(30-31-29)14(28)7-17(39-10)40-16-9-27(37,11(2)32)8-13-19(16)26(36)21-20(24(13)34)23(33)12-5-4-6-15(38-3)18(12)25(21)35/h4-6,10,14,16-17,22,34,36-37H,7-9H2,1-3H3/t10-,14-,16-,17-,22+,27-/m0/s1. The minimum absolute atomic E-state index is 0.0144. The van der Waals surface area contributed by atoms with Gasteiger partial charge in [-0.3, -0.25) is 14.4 Å². The van der Waals surface area contributed by atoms with Crippen LogP contribution in [0.25, 0.3) is 10.4 Å². The molecule has 1 aliphatic heterocycles. The SMILES string of the molecule is COc1cccc2c1C(=O)c1c(O)c3c(c(O)c1C2=O)C[C@@](O)(C(C)=O)C[C@@H]3O[C@H]1C[C@H](Br)[C@H](N=[N+]=[N-])[C@H](C)O1. The van der Waals surface area contributed by atoms with Crippen molar-refractivity contribution in [2.75, 3.05) is 7.11 Å². The van der Waals surface area contributed by atoms with Crippen LogP contribution in [0.2, 0.25) is 0 Å². The molecule has 6 atom stereocenters. The molecule has 2 aromatic rings. The number of hydrogen-bond donors (Lipinski definition) is 3. The van der Waals surface area contributed by atoms with Gasteiger partial charge in [-0.25, -0.2) is 0 Å². The van der Waals surface area contributed by atoms with Gasteiger partial charge in [0.2, 0.25) is 5.78 Å². The highest BCUT2D eigenvalue weighted by atomic mass is 79.9. The summed E-state index contributed by atoms with van der Waals surface area (Å²) >= 11 is 3.49. The average Bonchev–Trinajstić information content (AvgIpc) is 2.90. The van der Waals surface area contributed by atoms with E-state index in [1.165, 1.54) is 32.2 Å². The number of phenols is 2. The summed E-state index contributed by atoms with van der Waals surface area (Å²) in [5.74, 6) is -3.16. The Morgan fingerprint density at radius 1 is 1.20 bits per heavy atom. The summed E-state index contributed by atoms with van der Waals surface area (Å²) in [6, 6.07) is 3.92. The Morgan fingerprint density at radius 2 is 1.90 bits per heavy atom. The van der Waals surface area contributed by atoms with Gasteiger partial charge in [-0.2, -0.15) is 0 Å². The smallest absolute Gasteiger partial charge is 0.202 e. The highest BCUT2D eigenvalue weighted by Gasteiger charge is 2.49. The van der Waals surface area contributed by atoms with Gasteiger partial charge >= 0.3 is 0 Å². The third kappa shape index (κ3) is 4.25. The van der Waals surface area contributed by atoms with Gasteiger partial charge in [-0.15, -0.1) is 0 Å². The minimum Gasteiger partial charge on any atom is -0.507 e. The topological polar surface area (TPSA) is 188 Å². The van der Waals surface area contributed by atoms with Gasteiger partial charge < -0.3 is 29.5 Å². The van der Waals surface area contributed by atoms with Gasteiger partial charge in [0.15, 0.2) is 17.9 Å². The molecular formula is C27H26BrN3O9. The Morgan fingerprint density at radius 3 is 2.52 bits per heavy atom. The van der Waals surface area contributed by atoms with Crippen LogP contribution in [-0.4, -0.2) is 68.6 Å². The maximum absolute atomic E-state index is 13.7. The van der Waals surface area contributed by atoms with Crippen LogP contribution in [0.15, 0.2) is 23.3 Å². The number of benzene rings is 2. The van der Waals surface area contributed by atoms with E-state index in [4.69, 9.17) is 19.7 Å². The molecule has 0 spiro atoms. The van der Waals surface area contributed by atoms with Gasteiger partial charge in [0.05, 0.1) is 42.0 Å². The van der Waals surface area contributed by atoms with Gasteiger partial charge in [0.25, 0.3) is 0 Å². The van der Waals surface area contributed by atoms with Crippen LogP contribution in [0.5, 0.6) is 17.2 Å². The average molecular weight is 616 g/mol. The number of azide groups is 1. The Bertz CT molecular complexity index is 1490. The molecule has 1 heterocycles. The number of Topliss-reactive ketones (excluding diaryl/α,β-unsaturated/α-hetero) is 1. The number of fused-ring (bicyclic) bond motifs is 3.